The molecule has 3 aromatic rings. The van der Waals surface area contributed by atoms with Gasteiger partial charge in [0.1, 0.15) is 18.5 Å². The highest BCUT2D eigenvalue weighted by molar-refractivity contribution is 6.58. The average molecular weight is 326 g/mol. The van der Waals surface area contributed by atoms with E-state index >= 15 is 0 Å². The van der Waals surface area contributed by atoms with Gasteiger partial charge in [0.2, 0.25) is 0 Å². The maximum atomic E-state index is 10.4. The molecule has 6 heteroatoms. The zero-order valence-corrected chi connectivity index (χ0v) is 12.9. The van der Waals surface area contributed by atoms with Crippen LogP contribution >= 0.6 is 11.6 Å². The minimum absolute atomic E-state index is 0.0256. The molecule has 2 heterocycles. The Morgan fingerprint density at radius 1 is 1.22 bits per heavy atom. The van der Waals surface area contributed by atoms with Gasteiger partial charge in [-0.3, -0.25) is 0 Å². The first-order chi connectivity index (χ1) is 11.2. The van der Waals surface area contributed by atoms with Gasteiger partial charge in [-0.05, 0) is 18.2 Å². The maximum absolute atomic E-state index is 10.4. The molecule has 2 aromatic carbocycles. The van der Waals surface area contributed by atoms with Crippen LogP contribution in [0.25, 0.3) is 10.9 Å². The number of benzene rings is 2. The molecule has 1 aromatic heterocycles. The summed E-state index contributed by atoms with van der Waals surface area (Å²) < 4.78 is 0. The molecule has 0 radical (unpaired) electrons. The summed E-state index contributed by atoms with van der Waals surface area (Å²) >= 11 is 6.02. The summed E-state index contributed by atoms with van der Waals surface area (Å²) in [5.74, 6) is 0.0256. The molecule has 0 unspecified atom stereocenters. The van der Waals surface area contributed by atoms with Gasteiger partial charge >= 0.3 is 0 Å². The number of oxime groups is 1. The molecular formula is C17H12ClN3O2. The van der Waals surface area contributed by atoms with E-state index in [1.165, 1.54) is 7.11 Å². The molecule has 1 aliphatic heterocycles. The lowest BCUT2D eigenvalue weighted by Gasteiger charge is -2.03. The Labute approximate surface area is 136 Å². The second-order valence-corrected chi connectivity index (χ2v) is 5.57. The fourth-order valence-electron chi connectivity index (χ4n) is 2.83. The maximum Gasteiger partial charge on any atom is 0.199 e. The van der Waals surface area contributed by atoms with E-state index in [1.807, 2.05) is 30.3 Å². The molecule has 4 rings (SSSR count). The smallest absolute Gasteiger partial charge is 0.199 e. The third-order valence-corrected chi connectivity index (χ3v) is 4.01. The summed E-state index contributed by atoms with van der Waals surface area (Å²) in [7, 11) is 1.49. The molecule has 23 heavy (non-hydrogen) atoms. The standard InChI is InChI=1S/C17H12ClN3O2/c1-23-21-15-11-4-2-3-5-12(11)19-16(15)14-10-7-6-9(18)8-13(10)20-17(14)22/h2-8,20,22H,1H3. The van der Waals surface area contributed by atoms with Crippen LogP contribution in [0.3, 0.4) is 0 Å². The Hall–Kier alpha value is -2.79. The zero-order valence-electron chi connectivity index (χ0n) is 12.2. The first kappa shape index (κ1) is 13.8. The quantitative estimate of drug-likeness (QED) is 0.699. The van der Waals surface area contributed by atoms with E-state index in [0.717, 1.165) is 22.2 Å². The van der Waals surface area contributed by atoms with E-state index in [-0.39, 0.29) is 5.88 Å². The summed E-state index contributed by atoms with van der Waals surface area (Å²) in [6.45, 7) is 0. The molecule has 2 N–H and O–H groups in total. The van der Waals surface area contributed by atoms with E-state index in [4.69, 9.17) is 16.4 Å². The Balaban J connectivity index is 1.98. The minimum atomic E-state index is 0.0256. The number of H-pyrrole nitrogens is 1. The molecule has 0 atom stereocenters. The van der Waals surface area contributed by atoms with Gasteiger partial charge in [0, 0.05) is 16.0 Å². The van der Waals surface area contributed by atoms with Gasteiger partial charge < -0.3 is 14.9 Å². The number of fused-ring (bicyclic) bond motifs is 2. The van der Waals surface area contributed by atoms with Crippen LogP contribution in [-0.2, 0) is 4.84 Å². The molecule has 0 bridgehead atoms. The number of para-hydroxylation sites is 1. The third-order valence-electron chi connectivity index (χ3n) is 3.78. The number of aromatic amines is 1. The van der Waals surface area contributed by atoms with Gasteiger partial charge in [0.05, 0.1) is 16.8 Å². The normalized spacial score (nSPS) is 15.0. The van der Waals surface area contributed by atoms with Crippen LogP contribution in [-0.4, -0.2) is 28.6 Å². The van der Waals surface area contributed by atoms with E-state index in [9.17, 15) is 5.11 Å². The first-order valence-electron chi connectivity index (χ1n) is 6.99. The Kier molecular flexibility index (Phi) is 3.09. The Morgan fingerprint density at radius 3 is 2.87 bits per heavy atom. The van der Waals surface area contributed by atoms with Gasteiger partial charge in [-0.1, -0.05) is 41.0 Å². The largest absolute Gasteiger partial charge is 0.494 e. The summed E-state index contributed by atoms with van der Waals surface area (Å²) in [4.78, 5) is 12.5. The van der Waals surface area contributed by atoms with Crippen LogP contribution in [0.4, 0.5) is 5.69 Å². The van der Waals surface area contributed by atoms with Crippen molar-refractivity contribution < 1.29 is 9.94 Å². The number of hydrogen-bond donors (Lipinski definition) is 2. The highest BCUT2D eigenvalue weighted by Crippen LogP contribution is 2.36. The molecule has 1 aliphatic rings. The van der Waals surface area contributed by atoms with E-state index in [1.54, 1.807) is 12.1 Å². The van der Waals surface area contributed by atoms with Crippen LogP contribution in [0.1, 0.15) is 11.1 Å². The lowest BCUT2D eigenvalue weighted by atomic mass is 10.0. The number of aromatic hydroxyl groups is 1. The predicted molar refractivity (Wildman–Crippen MR) is 91.2 cm³/mol. The van der Waals surface area contributed by atoms with Crippen molar-refractivity contribution in [3.05, 3.63) is 58.6 Å². The number of rotatable bonds is 2. The van der Waals surface area contributed by atoms with E-state index in [0.29, 0.717) is 22.0 Å². The lowest BCUT2D eigenvalue weighted by Crippen LogP contribution is -2.13. The van der Waals surface area contributed by atoms with Gasteiger partial charge in [-0.25, -0.2) is 4.99 Å². The van der Waals surface area contributed by atoms with Crippen molar-refractivity contribution in [3.8, 4) is 5.88 Å². The summed E-state index contributed by atoms with van der Waals surface area (Å²) in [5, 5.41) is 15.9. The number of aromatic nitrogens is 1. The van der Waals surface area contributed by atoms with Gasteiger partial charge in [-0.2, -0.15) is 0 Å². The molecular weight excluding hydrogens is 314 g/mol. The van der Waals surface area contributed by atoms with Gasteiger partial charge in [0.25, 0.3) is 0 Å². The average Bonchev–Trinajstić information content (AvgIpc) is 3.04. The second-order valence-electron chi connectivity index (χ2n) is 5.14. The van der Waals surface area contributed by atoms with Gasteiger partial charge in [-0.15, -0.1) is 0 Å². The molecule has 0 amide bonds. The Bertz CT molecular complexity index is 989. The van der Waals surface area contributed by atoms with Crippen molar-refractivity contribution in [2.45, 2.75) is 0 Å². The molecule has 0 saturated carbocycles. The SMILES string of the molecule is CON=C1C(c2c(O)[nH]c3cc(Cl)ccc23)=Nc2ccccc21. The van der Waals surface area contributed by atoms with Crippen molar-refractivity contribution in [3.63, 3.8) is 0 Å². The van der Waals surface area contributed by atoms with Crippen LogP contribution in [0, 0.1) is 0 Å². The molecule has 0 saturated heterocycles. The van der Waals surface area contributed by atoms with Crippen molar-refractivity contribution in [2.75, 3.05) is 7.11 Å². The fraction of sp³-hybridized carbons (Fsp3) is 0.0588. The number of nitrogens with zero attached hydrogens (tertiary/aromatic N) is 2. The van der Waals surface area contributed by atoms with Gasteiger partial charge in [0.15, 0.2) is 5.88 Å². The van der Waals surface area contributed by atoms with Crippen molar-refractivity contribution in [1.29, 1.82) is 0 Å². The minimum Gasteiger partial charge on any atom is -0.494 e. The number of hydrogen-bond acceptors (Lipinski definition) is 4. The van der Waals surface area contributed by atoms with E-state index < -0.39 is 0 Å². The zero-order chi connectivity index (χ0) is 16.0. The van der Waals surface area contributed by atoms with E-state index in [2.05, 4.69) is 15.1 Å². The summed E-state index contributed by atoms with van der Waals surface area (Å²) in [6.07, 6.45) is 0. The summed E-state index contributed by atoms with van der Waals surface area (Å²) in [5.41, 5.74) is 4.14. The lowest BCUT2D eigenvalue weighted by molar-refractivity contribution is 0.214. The van der Waals surface area contributed by atoms with Crippen LogP contribution in [0.15, 0.2) is 52.6 Å². The number of halogens is 1. The third kappa shape index (κ3) is 2.09. The Morgan fingerprint density at radius 2 is 2.04 bits per heavy atom. The monoisotopic (exact) mass is 325 g/mol. The fourth-order valence-corrected chi connectivity index (χ4v) is 3.00. The van der Waals surface area contributed by atoms with Crippen molar-refractivity contribution >= 4 is 39.6 Å². The number of aliphatic imine (C=N–C) groups is 1. The van der Waals surface area contributed by atoms with Crippen molar-refractivity contribution in [1.82, 2.24) is 4.98 Å². The summed E-state index contributed by atoms with van der Waals surface area (Å²) in [6, 6.07) is 13.0. The van der Waals surface area contributed by atoms with Crippen LogP contribution < -0.4 is 0 Å². The molecule has 0 aliphatic carbocycles. The molecule has 0 spiro atoms. The first-order valence-corrected chi connectivity index (χ1v) is 7.37. The second kappa shape index (κ2) is 5.14. The highest BCUT2D eigenvalue weighted by atomic mass is 35.5. The number of nitrogens with one attached hydrogen (secondary N) is 1. The van der Waals surface area contributed by atoms with Crippen LogP contribution in [0.5, 0.6) is 5.88 Å². The molecule has 114 valence electrons. The molecule has 0 fully saturated rings. The highest BCUT2D eigenvalue weighted by Gasteiger charge is 2.29. The topological polar surface area (TPSA) is 70.0 Å². The molecule has 5 nitrogen and oxygen atoms in total. The predicted octanol–water partition coefficient (Wildman–Crippen LogP) is 4.01. The van der Waals surface area contributed by atoms with Crippen LogP contribution in [0.2, 0.25) is 5.02 Å². The van der Waals surface area contributed by atoms with Crippen molar-refractivity contribution in [2.24, 2.45) is 10.1 Å².